The molecular weight excluding hydrogens is 547 g/mol. The van der Waals surface area contributed by atoms with Crippen molar-refractivity contribution in [2.75, 3.05) is 10.6 Å². The third kappa shape index (κ3) is 7.90. The predicted octanol–water partition coefficient (Wildman–Crippen LogP) is 4.22. The second-order valence-electron chi connectivity index (χ2n) is 8.76. The lowest BCUT2D eigenvalue weighted by atomic mass is 10.1. The minimum Gasteiger partial charge on any atom is -0.475 e. The highest BCUT2D eigenvalue weighted by atomic mass is 19.4. The zero-order chi connectivity index (χ0) is 30.3. The number of imidazole rings is 1. The maximum absolute atomic E-state index is 12.5. The fourth-order valence-electron chi connectivity index (χ4n) is 3.60. The lowest BCUT2D eigenvalue weighted by Crippen LogP contribution is -2.30. The molecule has 12 nitrogen and oxygen atoms in total. The van der Waals surface area contributed by atoms with Gasteiger partial charge < -0.3 is 21.1 Å². The highest BCUT2D eigenvalue weighted by Gasteiger charge is 2.38. The van der Waals surface area contributed by atoms with Crippen LogP contribution in [-0.4, -0.2) is 54.8 Å². The molecule has 0 saturated carbocycles. The number of halogens is 3. The van der Waals surface area contributed by atoms with Crippen LogP contribution in [0.3, 0.4) is 0 Å². The number of aliphatic carboxylic acids is 1. The molecule has 0 saturated heterocycles. The Morgan fingerprint density at radius 2 is 1.66 bits per heavy atom. The van der Waals surface area contributed by atoms with Crippen molar-refractivity contribution >= 4 is 40.4 Å². The summed E-state index contributed by atoms with van der Waals surface area (Å²) in [6.45, 7) is 6.13. The number of alkyl halides is 3. The van der Waals surface area contributed by atoms with Gasteiger partial charge in [0.2, 0.25) is 0 Å². The number of aryl methyl sites for hydroxylation is 1. The summed E-state index contributed by atoms with van der Waals surface area (Å²) in [6, 6.07) is 13.4. The van der Waals surface area contributed by atoms with Gasteiger partial charge in [-0.2, -0.15) is 13.2 Å². The molecule has 0 unspecified atom stereocenters. The first-order chi connectivity index (χ1) is 19.3. The van der Waals surface area contributed by atoms with Crippen molar-refractivity contribution in [3.8, 4) is 11.3 Å². The molecule has 0 aliphatic heterocycles. The number of nitrogens with one attached hydrogen (secondary N) is 4. The molecule has 0 fully saturated rings. The van der Waals surface area contributed by atoms with Crippen molar-refractivity contribution in [3.05, 3.63) is 70.9 Å². The van der Waals surface area contributed by atoms with Crippen LogP contribution < -0.4 is 21.6 Å². The molecule has 0 aliphatic rings. The Balaban J connectivity index is 0.000000587. The normalized spacial score (nSPS) is 11.0. The lowest BCUT2D eigenvalue weighted by Gasteiger charge is -2.11. The van der Waals surface area contributed by atoms with Crippen LogP contribution in [0.25, 0.3) is 22.4 Å². The van der Waals surface area contributed by atoms with Crippen LogP contribution in [0.2, 0.25) is 0 Å². The molecule has 0 bridgehead atoms. The second-order valence-corrected chi connectivity index (χ2v) is 8.76. The Hall–Kier alpha value is -5.21. The monoisotopic (exact) mass is 573 g/mol. The van der Waals surface area contributed by atoms with E-state index in [0.717, 1.165) is 5.56 Å². The molecule has 41 heavy (non-hydrogen) atoms. The SMILES string of the molecule is CCn1c(=O)[nH]c2ncnc(-c3ccc(NC(=O)Nc4cccc(C(=O)NC(C)C)c4)cc3)c21.O=C(O)C(F)(F)F. The minimum absolute atomic E-state index is 0.0144. The van der Waals surface area contributed by atoms with Gasteiger partial charge in [0, 0.05) is 35.1 Å². The van der Waals surface area contributed by atoms with Crippen LogP contribution in [0.4, 0.5) is 29.3 Å². The number of aromatic nitrogens is 4. The van der Waals surface area contributed by atoms with Crippen LogP contribution in [-0.2, 0) is 11.3 Å². The van der Waals surface area contributed by atoms with E-state index in [1.54, 1.807) is 41.0 Å². The molecule has 0 radical (unpaired) electrons. The number of aromatic amines is 1. The average molecular weight is 574 g/mol. The van der Waals surface area contributed by atoms with Gasteiger partial charge in [-0.1, -0.05) is 18.2 Å². The maximum Gasteiger partial charge on any atom is 0.490 e. The first kappa shape index (κ1) is 30.3. The van der Waals surface area contributed by atoms with E-state index in [0.29, 0.717) is 40.3 Å². The van der Waals surface area contributed by atoms with E-state index in [-0.39, 0.29) is 17.6 Å². The summed E-state index contributed by atoms with van der Waals surface area (Å²) in [5.74, 6) is -2.96. The summed E-state index contributed by atoms with van der Waals surface area (Å²) < 4.78 is 33.3. The number of carbonyl (C=O) groups excluding carboxylic acids is 2. The number of urea groups is 1. The number of carboxylic acids is 1. The molecule has 5 N–H and O–H groups in total. The first-order valence-electron chi connectivity index (χ1n) is 12.1. The summed E-state index contributed by atoms with van der Waals surface area (Å²) >= 11 is 0. The molecule has 0 atom stereocenters. The topological polar surface area (TPSA) is 171 Å². The van der Waals surface area contributed by atoms with E-state index in [4.69, 9.17) is 9.90 Å². The minimum atomic E-state index is -5.08. The van der Waals surface area contributed by atoms with E-state index in [9.17, 15) is 27.6 Å². The van der Waals surface area contributed by atoms with Gasteiger partial charge in [0.05, 0.1) is 5.69 Å². The molecule has 4 rings (SSSR count). The molecule has 2 aromatic carbocycles. The van der Waals surface area contributed by atoms with Gasteiger partial charge in [0.25, 0.3) is 5.91 Å². The molecule has 4 aromatic rings. The van der Waals surface area contributed by atoms with Gasteiger partial charge in [0.15, 0.2) is 5.65 Å². The molecular formula is C26H26F3N7O5. The highest BCUT2D eigenvalue weighted by molar-refractivity contribution is 6.01. The van der Waals surface area contributed by atoms with Gasteiger partial charge in [0.1, 0.15) is 11.8 Å². The standard InChI is InChI=1S/C24H25N7O3.C2HF3O2/c1-4-31-20-19(25-13-26-21(20)30-24(31)34)15-8-10-17(11-9-15)28-23(33)29-18-7-5-6-16(12-18)22(32)27-14(2)3;3-2(4,5)1(6)7/h5-14H,4H2,1-3H3,(H,27,32)(H2,28,29,33)(H,25,26,30,34);(H,6,7). The van der Waals surface area contributed by atoms with Crippen molar-refractivity contribution in [1.82, 2.24) is 24.8 Å². The number of hydrogen-bond acceptors (Lipinski definition) is 6. The number of fused-ring (bicyclic) bond motifs is 1. The fourth-order valence-corrected chi connectivity index (χ4v) is 3.60. The van der Waals surface area contributed by atoms with Gasteiger partial charge in [-0.3, -0.25) is 14.3 Å². The number of H-pyrrole nitrogens is 1. The maximum atomic E-state index is 12.5. The van der Waals surface area contributed by atoms with Crippen LogP contribution in [0, 0.1) is 0 Å². The van der Waals surface area contributed by atoms with E-state index in [2.05, 4.69) is 30.9 Å². The molecule has 216 valence electrons. The number of rotatable bonds is 6. The number of amides is 3. The Morgan fingerprint density at radius 3 is 2.24 bits per heavy atom. The zero-order valence-corrected chi connectivity index (χ0v) is 22.0. The molecule has 0 spiro atoms. The third-order valence-corrected chi connectivity index (χ3v) is 5.34. The van der Waals surface area contributed by atoms with E-state index >= 15 is 0 Å². The summed E-state index contributed by atoms with van der Waals surface area (Å²) in [4.78, 5) is 56.9. The Morgan fingerprint density at radius 1 is 1.02 bits per heavy atom. The number of carbonyl (C=O) groups is 3. The van der Waals surface area contributed by atoms with Crippen LogP contribution in [0.1, 0.15) is 31.1 Å². The number of carboxylic acid groups (broad SMARTS) is 1. The third-order valence-electron chi connectivity index (χ3n) is 5.34. The van der Waals surface area contributed by atoms with Crippen molar-refractivity contribution in [2.24, 2.45) is 0 Å². The number of nitrogens with zero attached hydrogens (tertiary/aromatic N) is 3. The number of benzene rings is 2. The largest absolute Gasteiger partial charge is 0.490 e. The Kier molecular flexibility index (Phi) is 9.44. The predicted molar refractivity (Wildman–Crippen MR) is 145 cm³/mol. The number of hydrogen-bond donors (Lipinski definition) is 5. The Bertz CT molecular complexity index is 1610. The average Bonchev–Trinajstić information content (AvgIpc) is 3.23. The molecule has 2 heterocycles. The van der Waals surface area contributed by atoms with E-state index < -0.39 is 18.2 Å². The smallest absolute Gasteiger partial charge is 0.475 e. The quantitative estimate of drug-likeness (QED) is 0.230. The van der Waals surface area contributed by atoms with E-state index in [1.807, 2.05) is 32.9 Å². The first-order valence-corrected chi connectivity index (χ1v) is 12.1. The fraction of sp³-hybridized carbons (Fsp3) is 0.231. The van der Waals surface area contributed by atoms with Gasteiger partial charge in [-0.05, 0) is 51.1 Å². The van der Waals surface area contributed by atoms with Crippen molar-refractivity contribution < 1.29 is 32.7 Å². The summed E-state index contributed by atoms with van der Waals surface area (Å²) in [6.07, 6.45) is -3.68. The van der Waals surface area contributed by atoms with E-state index in [1.165, 1.54) is 6.33 Å². The highest BCUT2D eigenvalue weighted by Crippen LogP contribution is 2.25. The summed E-state index contributed by atoms with van der Waals surface area (Å²) in [5.41, 5.74) is 3.81. The number of anilines is 2. The van der Waals surface area contributed by atoms with Gasteiger partial charge >= 0.3 is 23.9 Å². The summed E-state index contributed by atoms with van der Waals surface area (Å²) in [5, 5.41) is 15.4. The van der Waals surface area contributed by atoms with Gasteiger partial charge in [-0.15, -0.1) is 0 Å². The van der Waals surface area contributed by atoms with Crippen molar-refractivity contribution in [1.29, 1.82) is 0 Å². The molecule has 3 amide bonds. The van der Waals surface area contributed by atoms with Crippen LogP contribution in [0.15, 0.2) is 59.7 Å². The Labute approximate surface area is 230 Å². The molecule has 15 heteroatoms. The van der Waals surface area contributed by atoms with Gasteiger partial charge in [-0.25, -0.2) is 24.4 Å². The van der Waals surface area contributed by atoms with Crippen molar-refractivity contribution in [2.45, 2.75) is 39.5 Å². The van der Waals surface area contributed by atoms with Crippen molar-refractivity contribution in [3.63, 3.8) is 0 Å². The second kappa shape index (κ2) is 12.8. The van der Waals surface area contributed by atoms with Crippen LogP contribution in [0.5, 0.6) is 0 Å². The lowest BCUT2D eigenvalue weighted by molar-refractivity contribution is -0.192. The molecule has 2 aromatic heterocycles. The summed E-state index contributed by atoms with van der Waals surface area (Å²) in [7, 11) is 0. The zero-order valence-electron chi connectivity index (χ0n) is 22.0. The molecule has 0 aliphatic carbocycles. The van der Waals surface area contributed by atoms with Crippen LogP contribution >= 0.6 is 0 Å².